The molecule has 6 nitrogen and oxygen atoms in total. The first kappa shape index (κ1) is 24.5. The third-order valence-electron chi connectivity index (χ3n) is 4.26. The molecule has 0 amide bonds. The predicted molar refractivity (Wildman–Crippen MR) is 113 cm³/mol. The van der Waals surface area contributed by atoms with Crippen molar-refractivity contribution in [3.63, 3.8) is 0 Å². The predicted octanol–water partition coefficient (Wildman–Crippen LogP) is 5.36. The van der Waals surface area contributed by atoms with Gasteiger partial charge in [0.15, 0.2) is 5.78 Å². The maximum absolute atomic E-state index is 12.8. The molecule has 6 heteroatoms. The van der Waals surface area contributed by atoms with Gasteiger partial charge in [0, 0.05) is 12.1 Å². The van der Waals surface area contributed by atoms with Crippen molar-refractivity contribution in [3.8, 4) is 11.5 Å². The Bertz CT molecular complexity index is 706. The number of carbonyl (C=O) groups is 2. The quantitative estimate of drug-likeness (QED) is 0.156. The van der Waals surface area contributed by atoms with Crippen LogP contribution in [-0.2, 0) is 9.53 Å². The summed E-state index contributed by atoms with van der Waals surface area (Å²) >= 11 is 0. The molecule has 1 N–H and O–H groups in total. The maximum atomic E-state index is 12.8. The van der Waals surface area contributed by atoms with Gasteiger partial charge in [-0.15, -0.1) is 0 Å². The zero-order chi connectivity index (χ0) is 21.8. The van der Waals surface area contributed by atoms with E-state index in [2.05, 4.69) is 13.8 Å². The molecule has 162 valence electrons. The molecule has 0 aliphatic rings. The van der Waals surface area contributed by atoms with Crippen molar-refractivity contribution in [2.45, 2.75) is 66.2 Å². The summed E-state index contributed by atoms with van der Waals surface area (Å²) in [5.74, 6) is -0.999. The Kier molecular flexibility index (Phi) is 10.9. The third-order valence-corrected chi connectivity index (χ3v) is 4.26. The second-order valence-electron chi connectivity index (χ2n) is 7.06. The van der Waals surface area contributed by atoms with E-state index in [9.17, 15) is 14.7 Å². The average Bonchev–Trinajstić information content (AvgIpc) is 2.68. The van der Waals surface area contributed by atoms with Crippen LogP contribution in [0.2, 0.25) is 0 Å². The maximum Gasteiger partial charge on any atom is 0.373 e. The largest absolute Gasteiger partial charge is 0.502 e. The zero-order valence-electron chi connectivity index (χ0n) is 18.2. The topological polar surface area (TPSA) is 82.1 Å². The lowest BCUT2D eigenvalue weighted by molar-refractivity contribution is -0.141. The fourth-order valence-electron chi connectivity index (χ4n) is 2.58. The van der Waals surface area contributed by atoms with Crippen LogP contribution in [-0.4, -0.2) is 36.7 Å². The molecule has 0 aliphatic carbocycles. The number of rotatable bonds is 13. The Morgan fingerprint density at radius 3 is 2.10 bits per heavy atom. The lowest BCUT2D eigenvalue weighted by atomic mass is 9.96. The highest BCUT2D eigenvalue weighted by Gasteiger charge is 2.20. The summed E-state index contributed by atoms with van der Waals surface area (Å²) in [6.45, 7) is 10.9. The van der Waals surface area contributed by atoms with E-state index in [1.165, 1.54) is 0 Å². The van der Waals surface area contributed by atoms with Gasteiger partial charge in [-0.3, -0.25) is 4.79 Å². The first-order valence-corrected chi connectivity index (χ1v) is 10.4. The van der Waals surface area contributed by atoms with Crippen LogP contribution in [0.1, 0.15) is 82.1 Å². The minimum absolute atomic E-state index is 0.109. The van der Waals surface area contributed by atoms with Crippen molar-refractivity contribution in [3.05, 3.63) is 35.1 Å². The molecule has 0 radical (unpaired) electrons. The van der Waals surface area contributed by atoms with Gasteiger partial charge in [-0.2, -0.15) is 0 Å². The number of carbonyl (C=O) groups excluding carboxylic acids is 2. The number of aliphatic hydroxyl groups excluding tert-OH is 1. The Morgan fingerprint density at radius 2 is 1.59 bits per heavy atom. The molecule has 1 rings (SSSR count). The molecular weight excluding hydrogens is 372 g/mol. The smallest absolute Gasteiger partial charge is 0.373 e. The molecule has 0 unspecified atom stereocenters. The summed E-state index contributed by atoms with van der Waals surface area (Å²) in [5.41, 5.74) is 1.15. The van der Waals surface area contributed by atoms with Crippen molar-refractivity contribution in [1.29, 1.82) is 0 Å². The first-order valence-electron chi connectivity index (χ1n) is 10.4. The minimum Gasteiger partial charge on any atom is -0.502 e. The number of unbranched alkanes of at least 4 members (excludes halogenated alkanes) is 2. The Balaban J connectivity index is 3.32. The van der Waals surface area contributed by atoms with Crippen molar-refractivity contribution in [1.82, 2.24) is 0 Å². The van der Waals surface area contributed by atoms with Gasteiger partial charge in [0.2, 0.25) is 5.76 Å². The van der Waals surface area contributed by atoms with Crippen LogP contribution in [0.4, 0.5) is 0 Å². The molecule has 0 fully saturated rings. The number of aliphatic hydroxyl groups is 1. The standard InChI is InChI=1S/C23H34O6/c1-6-9-11-28-21-15-22(29-12-10-7-2)18(13-17(21)16(4)5)19(24)14-20(25)23(26)27-8-3/h13-16,25H,6-12H2,1-5H3/b20-14-. The van der Waals surface area contributed by atoms with E-state index in [-0.39, 0.29) is 18.1 Å². The lowest BCUT2D eigenvalue weighted by Crippen LogP contribution is -2.11. The lowest BCUT2D eigenvalue weighted by Gasteiger charge is -2.18. The molecule has 0 bridgehead atoms. The average molecular weight is 407 g/mol. The Hall–Kier alpha value is -2.50. The van der Waals surface area contributed by atoms with Crippen LogP contribution in [0.5, 0.6) is 11.5 Å². The van der Waals surface area contributed by atoms with Gasteiger partial charge in [-0.1, -0.05) is 40.5 Å². The molecule has 0 saturated heterocycles. The Morgan fingerprint density at radius 1 is 1.00 bits per heavy atom. The molecule has 0 heterocycles. The van der Waals surface area contributed by atoms with Gasteiger partial charge in [0.25, 0.3) is 0 Å². The number of allylic oxidation sites excluding steroid dienone is 1. The summed E-state index contributed by atoms with van der Waals surface area (Å²) in [6, 6.07) is 3.47. The highest BCUT2D eigenvalue weighted by molar-refractivity contribution is 6.09. The number of ether oxygens (including phenoxy) is 3. The minimum atomic E-state index is -0.932. The second-order valence-corrected chi connectivity index (χ2v) is 7.06. The van der Waals surface area contributed by atoms with Gasteiger partial charge < -0.3 is 19.3 Å². The number of hydrogen-bond acceptors (Lipinski definition) is 6. The summed E-state index contributed by atoms with van der Waals surface area (Å²) in [5, 5.41) is 9.86. The van der Waals surface area contributed by atoms with Gasteiger partial charge in [0.05, 0.1) is 25.4 Å². The Labute approximate surface area is 173 Å². The van der Waals surface area contributed by atoms with Crippen LogP contribution in [0.15, 0.2) is 24.0 Å². The molecule has 0 atom stereocenters. The number of benzene rings is 1. The normalized spacial score (nSPS) is 11.4. The summed E-state index contributed by atoms with van der Waals surface area (Å²) in [7, 11) is 0. The fourth-order valence-corrected chi connectivity index (χ4v) is 2.58. The van der Waals surface area contributed by atoms with Gasteiger partial charge in [0.1, 0.15) is 11.5 Å². The number of ketones is 1. The van der Waals surface area contributed by atoms with Crippen LogP contribution < -0.4 is 9.47 Å². The van der Waals surface area contributed by atoms with Crippen LogP contribution in [0.25, 0.3) is 0 Å². The van der Waals surface area contributed by atoms with E-state index in [4.69, 9.17) is 14.2 Å². The van der Waals surface area contributed by atoms with E-state index in [0.29, 0.717) is 24.7 Å². The molecule has 1 aromatic rings. The molecular formula is C23H34O6. The molecule has 1 aromatic carbocycles. The molecule has 29 heavy (non-hydrogen) atoms. The van der Waals surface area contributed by atoms with E-state index >= 15 is 0 Å². The second kappa shape index (κ2) is 12.9. The van der Waals surface area contributed by atoms with E-state index in [0.717, 1.165) is 37.3 Å². The van der Waals surface area contributed by atoms with E-state index in [1.54, 1.807) is 19.1 Å². The van der Waals surface area contributed by atoms with Crippen LogP contribution in [0, 0.1) is 0 Å². The van der Waals surface area contributed by atoms with Crippen LogP contribution >= 0.6 is 0 Å². The van der Waals surface area contributed by atoms with E-state index in [1.807, 2.05) is 13.8 Å². The number of hydrogen-bond donors (Lipinski definition) is 1. The number of esters is 1. The highest BCUT2D eigenvalue weighted by atomic mass is 16.5. The van der Waals surface area contributed by atoms with E-state index < -0.39 is 17.5 Å². The van der Waals surface area contributed by atoms with Gasteiger partial charge >= 0.3 is 5.97 Å². The van der Waals surface area contributed by atoms with Crippen molar-refractivity contribution < 1.29 is 28.9 Å². The molecule has 0 spiro atoms. The molecule has 0 saturated carbocycles. The van der Waals surface area contributed by atoms with Gasteiger partial charge in [-0.05, 0) is 37.3 Å². The third kappa shape index (κ3) is 7.80. The zero-order valence-corrected chi connectivity index (χ0v) is 18.2. The first-order chi connectivity index (χ1) is 13.8. The summed E-state index contributed by atoms with van der Waals surface area (Å²) in [4.78, 5) is 24.4. The molecule has 0 aliphatic heterocycles. The van der Waals surface area contributed by atoms with Crippen molar-refractivity contribution in [2.75, 3.05) is 19.8 Å². The van der Waals surface area contributed by atoms with Crippen molar-refractivity contribution >= 4 is 11.8 Å². The summed E-state index contributed by atoms with van der Waals surface area (Å²) < 4.78 is 16.5. The summed E-state index contributed by atoms with van der Waals surface area (Å²) in [6.07, 6.45) is 4.62. The highest BCUT2D eigenvalue weighted by Crippen LogP contribution is 2.35. The fraction of sp³-hybridized carbons (Fsp3) is 0.565. The monoisotopic (exact) mass is 406 g/mol. The van der Waals surface area contributed by atoms with Crippen molar-refractivity contribution in [2.24, 2.45) is 0 Å². The SMILES string of the molecule is CCCCOc1cc(OCCCC)c(C(C)C)cc1C(=O)/C=C(\O)C(=O)OCC. The van der Waals surface area contributed by atoms with Gasteiger partial charge in [-0.25, -0.2) is 4.79 Å². The molecule has 0 aromatic heterocycles. The van der Waals surface area contributed by atoms with Crippen LogP contribution in [0.3, 0.4) is 0 Å².